The second kappa shape index (κ2) is 7.26. The van der Waals surface area contributed by atoms with E-state index in [-0.39, 0.29) is 12.0 Å². The molecule has 0 aliphatic carbocycles. The van der Waals surface area contributed by atoms with E-state index in [2.05, 4.69) is 34.5 Å². The van der Waals surface area contributed by atoms with Crippen molar-refractivity contribution >= 4 is 17.8 Å². The van der Waals surface area contributed by atoms with Gasteiger partial charge in [0.05, 0.1) is 6.04 Å². The molecule has 0 saturated carbocycles. The SMILES string of the molecule is CC(C)C(N)c1nnc(SCC=Cc2ccccc2)o1. The Hall–Kier alpha value is -1.59. The van der Waals surface area contributed by atoms with E-state index >= 15 is 0 Å². The third-order valence-corrected chi connectivity index (χ3v) is 3.61. The monoisotopic (exact) mass is 289 g/mol. The van der Waals surface area contributed by atoms with E-state index in [0.717, 1.165) is 5.75 Å². The van der Waals surface area contributed by atoms with Crippen molar-refractivity contribution < 1.29 is 4.42 Å². The van der Waals surface area contributed by atoms with Crippen molar-refractivity contribution in [3.8, 4) is 0 Å². The van der Waals surface area contributed by atoms with Crippen LogP contribution >= 0.6 is 11.8 Å². The standard InChI is InChI=1S/C15H19N3OS/c1-11(2)13(16)14-17-18-15(19-14)20-10-6-9-12-7-4-3-5-8-12/h3-9,11,13H,10,16H2,1-2H3. The first-order valence-electron chi connectivity index (χ1n) is 6.60. The van der Waals surface area contributed by atoms with Gasteiger partial charge in [0, 0.05) is 5.75 Å². The summed E-state index contributed by atoms with van der Waals surface area (Å²) in [5.41, 5.74) is 7.14. The van der Waals surface area contributed by atoms with Crippen LogP contribution in [0.5, 0.6) is 0 Å². The quantitative estimate of drug-likeness (QED) is 0.824. The van der Waals surface area contributed by atoms with Crippen LogP contribution < -0.4 is 5.73 Å². The number of nitrogens with zero attached hydrogens (tertiary/aromatic N) is 2. The minimum Gasteiger partial charge on any atom is -0.414 e. The van der Waals surface area contributed by atoms with Gasteiger partial charge in [-0.1, -0.05) is 68.1 Å². The third-order valence-electron chi connectivity index (χ3n) is 2.84. The lowest BCUT2D eigenvalue weighted by Gasteiger charge is -2.09. The summed E-state index contributed by atoms with van der Waals surface area (Å²) in [6.07, 6.45) is 4.15. The Kier molecular flexibility index (Phi) is 5.38. The molecule has 1 aromatic carbocycles. The molecule has 0 amide bonds. The first-order chi connectivity index (χ1) is 9.66. The van der Waals surface area contributed by atoms with Crippen LogP contribution in [0, 0.1) is 5.92 Å². The molecule has 1 atom stereocenters. The van der Waals surface area contributed by atoms with Crippen LogP contribution in [0.15, 0.2) is 46.0 Å². The molecule has 0 aliphatic heterocycles. The van der Waals surface area contributed by atoms with Gasteiger partial charge in [-0.2, -0.15) is 0 Å². The largest absolute Gasteiger partial charge is 0.414 e. The fourth-order valence-corrected chi connectivity index (χ4v) is 2.14. The Morgan fingerprint density at radius 1 is 1.25 bits per heavy atom. The molecule has 0 radical (unpaired) electrons. The molecule has 2 N–H and O–H groups in total. The van der Waals surface area contributed by atoms with Crippen LogP contribution in [-0.4, -0.2) is 16.0 Å². The van der Waals surface area contributed by atoms with E-state index in [1.807, 2.05) is 32.0 Å². The van der Waals surface area contributed by atoms with Gasteiger partial charge in [0.2, 0.25) is 5.89 Å². The van der Waals surface area contributed by atoms with E-state index in [1.165, 1.54) is 17.3 Å². The fourth-order valence-electron chi connectivity index (χ4n) is 1.57. The Labute approximate surface area is 123 Å². The number of nitrogens with two attached hydrogens (primary N) is 1. The minimum absolute atomic E-state index is 0.197. The molecular weight excluding hydrogens is 270 g/mol. The minimum atomic E-state index is -0.197. The van der Waals surface area contributed by atoms with Gasteiger partial charge in [-0.25, -0.2) is 0 Å². The fraction of sp³-hybridized carbons (Fsp3) is 0.333. The lowest BCUT2D eigenvalue weighted by Crippen LogP contribution is -2.16. The zero-order valence-corrected chi connectivity index (χ0v) is 12.5. The third kappa shape index (κ3) is 4.21. The summed E-state index contributed by atoms with van der Waals surface area (Å²) >= 11 is 1.51. The molecule has 106 valence electrons. The highest BCUT2D eigenvalue weighted by Crippen LogP contribution is 2.22. The van der Waals surface area contributed by atoms with Gasteiger partial charge >= 0.3 is 0 Å². The molecular formula is C15H19N3OS. The summed E-state index contributed by atoms with van der Waals surface area (Å²) in [6, 6.07) is 9.97. The molecule has 0 fully saturated rings. The van der Waals surface area contributed by atoms with E-state index in [4.69, 9.17) is 10.2 Å². The Balaban J connectivity index is 1.84. The average Bonchev–Trinajstić information content (AvgIpc) is 2.92. The van der Waals surface area contributed by atoms with Gasteiger partial charge in [0.15, 0.2) is 0 Å². The Morgan fingerprint density at radius 2 is 2.00 bits per heavy atom. The van der Waals surface area contributed by atoms with Crippen molar-refractivity contribution in [3.05, 3.63) is 47.9 Å². The molecule has 0 aliphatic rings. The van der Waals surface area contributed by atoms with Crippen molar-refractivity contribution in [1.29, 1.82) is 0 Å². The number of hydrogen-bond acceptors (Lipinski definition) is 5. The van der Waals surface area contributed by atoms with Gasteiger partial charge in [-0.3, -0.25) is 0 Å². The van der Waals surface area contributed by atoms with Crippen LogP contribution in [0.1, 0.15) is 31.3 Å². The molecule has 1 aromatic heterocycles. The summed E-state index contributed by atoms with van der Waals surface area (Å²) in [5, 5.41) is 8.55. The second-order valence-electron chi connectivity index (χ2n) is 4.80. The van der Waals surface area contributed by atoms with E-state index < -0.39 is 0 Å². The molecule has 0 bridgehead atoms. The summed E-state index contributed by atoms with van der Waals surface area (Å²) in [5.74, 6) is 1.58. The molecule has 1 unspecified atom stereocenters. The molecule has 2 rings (SSSR count). The highest BCUT2D eigenvalue weighted by atomic mass is 32.2. The topological polar surface area (TPSA) is 64.9 Å². The van der Waals surface area contributed by atoms with Crippen LogP contribution in [0.25, 0.3) is 6.08 Å². The predicted octanol–water partition coefficient (Wildman–Crippen LogP) is 3.53. The highest BCUT2D eigenvalue weighted by molar-refractivity contribution is 7.99. The smallest absolute Gasteiger partial charge is 0.276 e. The maximum absolute atomic E-state index is 5.96. The highest BCUT2D eigenvalue weighted by Gasteiger charge is 2.17. The number of benzene rings is 1. The molecule has 20 heavy (non-hydrogen) atoms. The summed E-state index contributed by atoms with van der Waals surface area (Å²) in [7, 11) is 0. The molecule has 1 heterocycles. The van der Waals surface area contributed by atoms with Crippen molar-refractivity contribution in [3.63, 3.8) is 0 Å². The molecule has 5 heteroatoms. The lowest BCUT2D eigenvalue weighted by molar-refractivity contribution is 0.349. The van der Waals surface area contributed by atoms with Crippen LogP contribution in [0.3, 0.4) is 0 Å². The lowest BCUT2D eigenvalue weighted by atomic mass is 10.1. The van der Waals surface area contributed by atoms with Crippen molar-refractivity contribution in [2.24, 2.45) is 11.7 Å². The van der Waals surface area contributed by atoms with Gasteiger partial charge in [0.25, 0.3) is 5.22 Å². The van der Waals surface area contributed by atoms with Crippen LogP contribution in [-0.2, 0) is 0 Å². The van der Waals surface area contributed by atoms with Crippen molar-refractivity contribution in [2.75, 3.05) is 5.75 Å². The van der Waals surface area contributed by atoms with Gasteiger partial charge < -0.3 is 10.2 Å². The maximum atomic E-state index is 5.96. The number of hydrogen-bond donors (Lipinski definition) is 1. The summed E-state index contributed by atoms with van der Waals surface area (Å²) < 4.78 is 5.54. The normalized spacial score (nSPS) is 13.2. The van der Waals surface area contributed by atoms with E-state index in [1.54, 1.807) is 0 Å². The van der Waals surface area contributed by atoms with Crippen molar-refractivity contribution in [1.82, 2.24) is 10.2 Å². The number of thioether (sulfide) groups is 1. The molecule has 4 nitrogen and oxygen atoms in total. The second-order valence-corrected chi connectivity index (χ2v) is 5.77. The zero-order valence-electron chi connectivity index (χ0n) is 11.7. The van der Waals surface area contributed by atoms with Gasteiger partial charge in [0.1, 0.15) is 0 Å². The molecule has 0 saturated heterocycles. The number of aromatic nitrogens is 2. The Bertz CT molecular complexity index is 551. The maximum Gasteiger partial charge on any atom is 0.276 e. The van der Waals surface area contributed by atoms with Crippen molar-refractivity contribution in [2.45, 2.75) is 25.1 Å². The van der Waals surface area contributed by atoms with Gasteiger partial charge in [-0.15, -0.1) is 10.2 Å². The summed E-state index contributed by atoms with van der Waals surface area (Å²) in [6.45, 7) is 4.06. The zero-order chi connectivity index (χ0) is 14.4. The van der Waals surface area contributed by atoms with Crippen LogP contribution in [0.2, 0.25) is 0 Å². The first kappa shape index (κ1) is 14.8. The van der Waals surface area contributed by atoms with Gasteiger partial charge in [-0.05, 0) is 11.5 Å². The van der Waals surface area contributed by atoms with Crippen LogP contribution in [0.4, 0.5) is 0 Å². The van der Waals surface area contributed by atoms with E-state index in [9.17, 15) is 0 Å². The Morgan fingerprint density at radius 3 is 2.70 bits per heavy atom. The first-order valence-corrected chi connectivity index (χ1v) is 7.58. The van der Waals surface area contributed by atoms with E-state index in [0.29, 0.717) is 11.1 Å². The number of rotatable bonds is 6. The molecule has 0 spiro atoms. The predicted molar refractivity (Wildman–Crippen MR) is 82.3 cm³/mol. The summed E-state index contributed by atoms with van der Waals surface area (Å²) in [4.78, 5) is 0. The average molecular weight is 289 g/mol. The molecule has 2 aromatic rings.